The first-order valence-electron chi connectivity index (χ1n) is 9.19. The number of fused-ring (bicyclic) bond motifs is 1. The zero-order valence-corrected chi connectivity index (χ0v) is 15.4. The Bertz CT molecular complexity index is 940. The smallest absolute Gasteiger partial charge is 0.226 e. The number of nitrogens with zero attached hydrogens (tertiary/aromatic N) is 3. The van der Waals surface area contributed by atoms with Crippen LogP contribution in [-0.4, -0.2) is 38.3 Å². The molecule has 142 valence electrons. The summed E-state index contributed by atoms with van der Waals surface area (Å²) in [6.45, 7) is 1.21. The minimum Gasteiger partial charge on any atom is -0.388 e. The molecule has 0 bridgehead atoms. The Kier molecular flexibility index (Phi) is 4.72. The first-order valence-corrected chi connectivity index (χ1v) is 9.19. The Hall–Kier alpha value is -2.64. The Morgan fingerprint density at radius 2 is 2.04 bits per heavy atom. The van der Waals surface area contributed by atoms with Crippen LogP contribution < -0.4 is 5.32 Å². The molecule has 4 rings (SSSR count). The van der Waals surface area contributed by atoms with Gasteiger partial charge in [0.05, 0.1) is 23.0 Å². The highest BCUT2D eigenvalue weighted by molar-refractivity contribution is 5.93. The SMILES string of the molecule is Cn1c(CO)nc2cc(NC(=O)CC3(n4cccc4)CCOCC3)ccc21. The molecule has 3 aromatic rings. The number of ether oxygens (including phenoxy) is 1. The second kappa shape index (κ2) is 7.17. The average Bonchev–Trinajstić information content (AvgIpc) is 3.31. The summed E-state index contributed by atoms with van der Waals surface area (Å²) in [4.78, 5) is 17.2. The number of aryl methyl sites for hydroxylation is 1. The number of hydrogen-bond donors (Lipinski definition) is 2. The predicted octanol–water partition coefficient (Wildman–Crippen LogP) is 2.40. The number of anilines is 1. The standard InChI is InChI=1S/C20H24N4O3/c1-23-17-5-4-15(12-16(17)22-18(23)14-25)21-19(26)13-20(6-10-27-11-7-20)24-8-2-3-9-24/h2-5,8-9,12,25H,6-7,10-11,13-14H2,1H3,(H,21,26). The highest BCUT2D eigenvalue weighted by Crippen LogP contribution is 2.33. The lowest BCUT2D eigenvalue weighted by atomic mass is 9.86. The minimum absolute atomic E-state index is 0.0248. The molecule has 0 unspecified atom stereocenters. The first kappa shape index (κ1) is 17.8. The molecule has 1 aliphatic heterocycles. The number of aromatic nitrogens is 3. The van der Waals surface area contributed by atoms with Crippen LogP contribution in [0.5, 0.6) is 0 Å². The number of nitrogens with one attached hydrogen (secondary N) is 1. The molecule has 0 atom stereocenters. The maximum atomic E-state index is 12.8. The van der Waals surface area contributed by atoms with E-state index in [1.54, 1.807) is 0 Å². The number of aliphatic hydroxyl groups excluding tert-OH is 1. The van der Waals surface area contributed by atoms with Gasteiger partial charge in [-0.15, -0.1) is 0 Å². The number of aliphatic hydroxyl groups is 1. The number of benzene rings is 1. The van der Waals surface area contributed by atoms with Gasteiger partial charge in [0.2, 0.25) is 5.91 Å². The second-order valence-corrected chi connectivity index (χ2v) is 7.10. The van der Waals surface area contributed by atoms with E-state index in [2.05, 4.69) is 14.9 Å². The van der Waals surface area contributed by atoms with Crippen LogP contribution in [-0.2, 0) is 28.7 Å². The van der Waals surface area contributed by atoms with Gasteiger partial charge < -0.3 is 24.3 Å². The van der Waals surface area contributed by atoms with Crippen LogP contribution in [0.15, 0.2) is 42.7 Å². The van der Waals surface area contributed by atoms with Crippen molar-refractivity contribution in [2.24, 2.45) is 7.05 Å². The number of carbonyl (C=O) groups is 1. The van der Waals surface area contributed by atoms with Crippen LogP contribution in [0, 0.1) is 0 Å². The third-order valence-corrected chi connectivity index (χ3v) is 5.46. The Balaban J connectivity index is 1.53. The summed E-state index contributed by atoms with van der Waals surface area (Å²) < 4.78 is 9.51. The lowest BCUT2D eigenvalue weighted by molar-refractivity contribution is -0.119. The summed E-state index contributed by atoms with van der Waals surface area (Å²) in [6, 6.07) is 9.60. The van der Waals surface area contributed by atoms with Crippen LogP contribution in [0.4, 0.5) is 5.69 Å². The molecular formula is C20H24N4O3. The molecule has 7 heteroatoms. The van der Waals surface area contributed by atoms with Crippen LogP contribution in [0.2, 0.25) is 0 Å². The van der Waals surface area contributed by atoms with Crippen LogP contribution in [0.25, 0.3) is 11.0 Å². The zero-order chi connectivity index (χ0) is 18.9. The molecule has 0 saturated carbocycles. The summed E-state index contributed by atoms with van der Waals surface area (Å²) in [5.41, 5.74) is 2.14. The van der Waals surface area contributed by atoms with E-state index in [1.807, 2.05) is 54.3 Å². The van der Waals surface area contributed by atoms with E-state index in [0.717, 1.165) is 23.9 Å². The molecule has 3 heterocycles. The zero-order valence-electron chi connectivity index (χ0n) is 15.4. The van der Waals surface area contributed by atoms with Crippen molar-refractivity contribution in [3.05, 3.63) is 48.5 Å². The van der Waals surface area contributed by atoms with Crippen molar-refractivity contribution in [1.29, 1.82) is 0 Å². The largest absolute Gasteiger partial charge is 0.388 e. The minimum atomic E-state index is -0.245. The van der Waals surface area contributed by atoms with Crippen molar-refractivity contribution in [2.75, 3.05) is 18.5 Å². The first-order chi connectivity index (χ1) is 13.1. The van der Waals surface area contributed by atoms with Gasteiger partial charge in [-0.3, -0.25) is 4.79 Å². The molecule has 1 amide bonds. The number of carbonyl (C=O) groups excluding carboxylic acids is 1. The van der Waals surface area contributed by atoms with Crippen molar-refractivity contribution in [1.82, 2.24) is 14.1 Å². The Labute approximate surface area is 157 Å². The van der Waals surface area contributed by atoms with Gasteiger partial charge in [-0.1, -0.05) is 0 Å². The molecule has 1 aromatic carbocycles. The van der Waals surface area contributed by atoms with Crippen molar-refractivity contribution in [3.63, 3.8) is 0 Å². The highest BCUT2D eigenvalue weighted by Gasteiger charge is 2.36. The number of amides is 1. The molecule has 0 aliphatic carbocycles. The summed E-state index contributed by atoms with van der Waals surface area (Å²) in [6.07, 6.45) is 6.07. The summed E-state index contributed by atoms with van der Waals surface area (Å²) >= 11 is 0. The molecular weight excluding hydrogens is 344 g/mol. The van der Waals surface area contributed by atoms with Crippen LogP contribution in [0.3, 0.4) is 0 Å². The molecule has 27 heavy (non-hydrogen) atoms. The summed E-state index contributed by atoms with van der Waals surface area (Å²) in [7, 11) is 1.87. The van der Waals surface area contributed by atoms with Gasteiger partial charge >= 0.3 is 0 Å². The fourth-order valence-corrected chi connectivity index (χ4v) is 3.90. The highest BCUT2D eigenvalue weighted by atomic mass is 16.5. The normalized spacial score (nSPS) is 16.5. The maximum absolute atomic E-state index is 12.8. The Morgan fingerprint density at radius 3 is 2.74 bits per heavy atom. The fourth-order valence-electron chi connectivity index (χ4n) is 3.90. The van der Waals surface area contributed by atoms with Crippen molar-refractivity contribution in [2.45, 2.75) is 31.4 Å². The maximum Gasteiger partial charge on any atom is 0.226 e. The molecule has 7 nitrogen and oxygen atoms in total. The second-order valence-electron chi connectivity index (χ2n) is 7.10. The lowest BCUT2D eigenvalue weighted by Crippen LogP contribution is -2.42. The molecule has 2 aromatic heterocycles. The number of hydrogen-bond acceptors (Lipinski definition) is 4. The summed E-state index contributed by atoms with van der Waals surface area (Å²) in [5, 5.41) is 12.4. The van der Waals surface area contributed by atoms with Gasteiger partial charge in [-0.2, -0.15) is 0 Å². The van der Waals surface area contributed by atoms with Crippen LogP contribution in [0.1, 0.15) is 25.1 Å². The van der Waals surface area contributed by atoms with E-state index in [4.69, 9.17) is 4.74 Å². The summed E-state index contributed by atoms with van der Waals surface area (Å²) in [5.74, 6) is 0.575. The van der Waals surface area contributed by atoms with E-state index < -0.39 is 0 Å². The van der Waals surface area contributed by atoms with Crippen molar-refractivity contribution >= 4 is 22.6 Å². The molecule has 1 fully saturated rings. The van der Waals surface area contributed by atoms with E-state index in [0.29, 0.717) is 31.1 Å². The third kappa shape index (κ3) is 3.36. The topological polar surface area (TPSA) is 81.3 Å². The van der Waals surface area contributed by atoms with E-state index in [-0.39, 0.29) is 18.1 Å². The lowest BCUT2D eigenvalue weighted by Gasteiger charge is -2.38. The quantitative estimate of drug-likeness (QED) is 0.725. The third-order valence-electron chi connectivity index (χ3n) is 5.46. The molecule has 2 N–H and O–H groups in total. The molecule has 0 spiro atoms. The van der Waals surface area contributed by atoms with E-state index in [9.17, 15) is 9.90 Å². The van der Waals surface area contributed by atoms with Gasteiger partial charge in [-0.05, 0) is 43.2 Å². The van der Waals surface area contributed by atoms with Crippen molar-refractivity contribution in [3.8, 4) is 0 Å². The van der Waals surface area contributed by atoms with Gasteiger partial charge in [0.15, 0.2) is 0 Å². The monoisotopic (exact) mass is 368 g/mol. The number of imidazole rings is 1. The predicted molar refractivity (Wildman–Crippen MR) is 102 cm³/mol. The Morgan fingerprint density at radius 1 is 1.30 bits per heavy atom. The van der Waals surface area contributed by atoms with Gasteiger partial charge in [0.25, 0.3) is 0 Å². The van der Waals surface area contributed by atoms with Crippen molar-refractivity contribution < 1.29 is 14.6 Å². The van der Waals surface area contributed by atoms with Crippen LogP contribution >= 0.6 is 0 Å². The van der Waals surface area contributed by atoms with E-state index >= 15 is 0 Å². The average molecular weight is 368 g/mol. The molecule has 0 radical (unpaired) electrons. The molecule has 1 aliphatic rings. The van der Waals surface area contributed by atoms with Gasteiger partial charge in [0, 0.05) is 38.3 Å². The fraction of sp³-hybridized carbons (Fsp3) is 0.400. The van der Waals surface area contributed by atoms with Gasteiger partial charge in [-0.25, -0.2) is 4.98 Å². The molecule has 1 saturated heterocycles. The van der Waals surface area contributed by atoms with Gasteiger partial charge in [0.1, 0.15) is 12.4 Å². The number of rotatable bonds is 5. The van der Waals surface area contributed by atoms with E-state index in [1.165, 1.54) is 0 Å².